The normalized spacial score (nSPS) is 20.7. The van der Waals surface area contributed by atoms with Gasteiger partial charge in [0.05, 0.1) is 12.6 Å². The lowest BCUT2D eigenvalue weighted by molar-refractivity contribution is 0.226. The number of halogens is 2. The number of imidazole rings is 1. The number of aromatic nitrogens is 2. The van der Waals surface area contributed by atoms with Gasteiger partial charge >= 0.3 is 6.03 Å². The molecule has 1 N–H and O–H groups in total. The quantitative estimate of drug-likeness (QED) is 0.789. The third-order valence-electron chi connectivity index (χ3n) is 5.92. The van der Waals surface area contributed by atoms with Crippen molar-refractivity contribution in [2.45, 2.75) is 51.0 Å². The second-order valence-electron chi connectivity index (χ2n) is 7.93. The number of urea groups is 1. The third kappa shape index (κ3) is 3.41. The number of carbonyl (C=O) groups excluding carboxylic acids is 1. The number of amides is 2. The number of hydrogen-bond acceptors (Lipinski definition) is 3. The Morgan fingerprint density at radius 2 is 2.00 bits per heavy atom. The van der Waals surface area contributed by atoms with Crippen LogP contribution in [-0.2, 0) is 6.42 Å². The van der Waals surface area contributed by atoms with Gasteiger partial charge in [-0.05, 0) is 43.4 Å². The predicted molar refractivity (Wildman–Crippen MR) is 113 cm³/mol. The predicted octanol–water partition coefficient (Wildman–Crippen LogP) is 4.26. The highest BCUT2D eigenvalue weighted by molar-refractivity contribution is 6.18. The first-order chi connectivity index (χ1) is 13.6. The van der Waals surface area contributed by atoms with Crippen molar-refractivity contribution >= 4 is 30.1 Å². The number of H-pyrrole nitrogens is 1. The summed E-state index contributed by atoms with van der Waals surface area (Å²) < 4.78 is 13.2. The topological polar surface area (TPSA) is 64.6 Å². The van der Waals surface area contributed by atoms with E-state index in [1.54, 1.807) is 21.9 Å². The van der Waals surface area contributed by atoms with Crippen molar-refractivity contribution in [1.82, 2.24) is 14.9 Å². The van der Waals surface area contributed by atoms with Gasteiger partial charge < -0.3 is 4.98 Å². The number of fused-ring (bicyclic) bond motifs is 3. The number of carbonyl (C=O) groups is 1. The van der Waals surface area contributed by atoms with Crippen molar-refractivity contribution in [3.05, 3.63) is 47.2 Å². The minimum atomic E-state index is -0.241. The fourth-order valence-electron chi connectivity index (χ4n) is 4.22. The fraction of sp³-hybridized carbons (Fsp3) is 0.476. The average Bonchev–Trinajstić information content (AvgIpc) is 3.24. The molecular weight excluding hydrogens is 393 g/mol. The van der Waals surface area contributed by atoms with E-state index < -0.39 is 0 Å². The molecule has 1 aromatic heterocycles. The first-order valence-corrected chi connectivity index (χ1v) is 10.2. The zero-order valence-corrected chi connectivity index (χ0v) is 17.2. The number of anilines is 1. The smallest absolute Gasteiger partial charge is 0.331 e. The molecule has 154 valence electrons. The minimum absolute atomic E-state index is 0. The van der Waals surface area contributed by atoms with Crippen LogP contribution in [0.4, 0.5) is 15.0 Å². The molecule has 6 nitrogen and oxygen atoms in total. The maximum Gasteiger partial charge on any atom is 0.331 e. The number of hydrogen-bond donors (Lipinski definition) is 1. The molecule has 1 aromatic carbocycles. The second-order valence-corrected chi connectivity index (χ2v) is 7.93. The first kappa shape index (κ1) is 19.9. The molecule has 3 aliphatic rings. The summed E-state index contributed by atoms with van der Waals surface area (Å²) in [5.41, 5.74) is 1.89. The van der Waals surface area contributed by atoms with E-state index in [9.17, 15) is 9.18 Å². The van der Waals surface area contributed by atoms with Crippen LogP contribution < -0.4 is 4.90 Å². The molecule has 8 heteroatoms. The van der Waals surface area contributed by atoms with Gasteiger partial charge in [-0.15, -0.1) is 12.4 Å². The zero-order chi connectivity index (χ0) is 19.3. The number of nitrogens with zero attached hydrogens (tertiary/aromatic N) is 4. The van der Waals surface area contributed by atoms with Gasteiger partial charge in [0.2, 0.25) is 0 Å². The van der Waals surface area contributed by atoms with Gasteiger partial charge in [-0.2, -0.15) is 0 Å². The van der Waals surface area contributed by atoms with Crippen molar-refractivity contribution in [3.63, 3.8) is 0 Å². The molecule has 2 amide bonds. The van der Waals surface area contributed by atoms with Crippen LogP contribution in [0.1, 0.15) is 55.6 Å². The number of aliphatic imine (C=N–C) groups is 1. The van der Waals surface area contributed by atoms with E-state index in [1.807, 2.05) is 0 Å². The summed E-state index contributed by atoms with van der Waals surface area (Å²) >= 11 is 0. The summed E-state index contributed by atoms with van der Waals surface area (Å²) in [6.07, 6.45) is 5.09. The summed E-state index contributed by atoms with van der Waals surface area (Å²) in [6, 6.07) is 6.44. The molecule has 1 saturated carbocycles. The van der Waals surface area contributed by atoms with Crippen LogP contribution in [-0.4, -0.2) is 45.9 Å². The molecule has 0 spiro atoms. The maximum absolute atomic E-state index is 13.2. The Balaban J connectivity index is 0.00000205. The van der Waals surface area contributed by atoms with Crippen LogP contribution in [0.5, 0.6) is 0 Å². The van der Waals surface area contributed by atoms with Crippen LogP contribution >= 0.6 is 12.4 Å². The van der Waals surface area contributed by atoms with Gasteiger partial charge in [0, 0.05) is 12.5 Å². The lowest BCUT2D eigenvalue weighted by atomic mass is 9.85. The molecule has 2 aliphatic heterocycles. The number of nitrogens with one attached hydrogen (secondary N) is 1. The Bertz CT molecular complexity index is 937. The number of rotatable bonds is 5. The van der Waals surface area contributed by atoms with E-state index in [-0.39, 0.29) is 30.3 Å². The molecule has 29 heavy (non-hydrogen) atoms. The van der Waals surface area contributed by atoms with Gasteiger partial charge in [0.25, 0.3) is 0 Å². The summed E-state index contributed by atoms with van der Waals surface area (Å²) in [4.78, 5) is 29.8. The van der Waals surface area contributed by atoms with E-state index in [1.165, 1.54) is 18.6 Å². The Morgan fingerprint density at radius 3 is 2.66 bits per heavy atom. The molecule has 3 heterocycles. The van der Waals surface area contributed by atoms with Crippen LogP contribution in [0.25, 0.3) is 0 Å². The standard InChI is InChI=1S/C21H24FN5O.ClH/c1-2-10-26-20-17(24-18(25-20)14-4-3-5-14)19-23-16(12-27(19)21(26)28)11-13-6-8-15(22)9-7-13;/h6-9,14,16H,2-5,10-12H2,1H3,(H,24,25);1H/t16-;/m1./s1. The Hall–Kier alpha value is -2.41. The Morgan fingerprint density at radius 1 is 1.24 bits per heavy atom. The molecule has 5 rings (SSSR count). The minimum Gasteiger partial charge on any atom is -0.337 e. The SMILES string of the molecule is CCCN1C(=O)N2C[C@@H](Cc3ccc(F)cc3)N=C2c2[nH]c(C3CCC3)nc21.Cl. The number of benzene rings is 1. The third-order valence-corrected chi connectivity index (χ3v) is 5.92. The van der Waals surface area contributed by atoms with Gasteiger partial charge in [-0.25, -0.2) is 14.2 Å². The lowest BCUT2D eigenvalue weighted by Gasteiger charge is -2.32. The summed E-state index contributed by atoms with van der Waals surface area (Å²) in [6.45, 7) is 3.26. The highest BCUT2D eigenvalue weighted by Crippen LogP contribution is 2.38. The van der Waals surface area contributed by atoms with E-state index in [4.69, 9.17) is 9.98 Å². The highest BCUT2D eigenvalue weighted by Gasteiger charge is 2.42. The molecule has 1 atom stereocenters. The molecule has 0 saturated heterocycles. The molecular formula is C21H25ClFN5O. The van der Waals surface area contributed by atoms with E-state index in [0.29, 0.717) is 31.3 Å². The molecule has 0 bridgehead atoms. The zero-order valence-electron chi connectivity index (χ0n) is 16.4. The maximum atomic E-state index is 13.2. The first-order valence-electron chi connectivity index (χ1n) is 10.2. The monoisotopic (exact) mass is 417 g/mol. The van der Waals surface area contributed by atoms with E-state index in [0.717, 1.165) is 42.2 Å². The van der Waals surface area contributed by atoms with Crippen molar-refractivity contribution in [2.24, 2.45) is 4.99 Å². The largest absolute Gasteiger partial charge is 0.337 e. The molecule has 1 fully saturated rings. The van der Waals surface area contributed by atoms with Crippen LogP contribution in [0.2, 0.25) is 0 Å². The van der Waals surface area contributed by atoms with Gasteiger partial charge in [0.15, 0.2) is 11.7 Å². The van der Waals surface area contributed by atoms with Crippen LogP contribution in [0.3, 0.4) is 0 Å². The van der Waals surface area contributed by atoms with Gasteiger partial charge in [-0.3, -0.25) is 14.8 Å². The molecule has 1 aliphatic carbocycles. The van der Waals surface area contributed by atoms with Gasteiger partial charge in [-0.1, -0.05) is 25.5 Å². The molecule has 0 unspecified atom stereocenters. The summed E-state index contributed by atoms with van der Waals surface area (Å²) in [5.74, 6) is 2.64. The van der Waals surface area contributed by atoms with Crippen LogP contribution in [0.15, 0.2) is 29.3 Å². The van der Waals surface area contributed by atoms with Crippen LogP contribution in [0, 0.1) is 5.82 Å². The van der Waals surface area contributed by atoms with Crippen molar-refractivity contribution in [1.29, 1.82) is 0 Å². The lowest BCUT2D eigenvalue weighted by Crippen LogP contribution is -2.50. The average molecular weight is 418 g/mol. The molecule has 2 aromatic rings. The Labute approximate surface area is 175 Å². The Kier molecular flexibility index (Phi) is 5.34. The van der Waals surface area contributed by atoms with Crippen molar-refractivity contribution in [3.8, 4) is 0 Å². The van der Waals surface area contributed by atoms with E-state index in [2.05, 4.69) is 11.9 Å². The second kappa shape index (κ2) is 7.78. The summed E-state index contributed by atoms with van der Waals surface area (Å²) in [5, 5.41) is 0. The summed E-state index contributed by atoms with van der Waals surface area (Å²) in [7, 11) is 0. The van der Waals surface area contributed by atoms with E-state index >= 15 is 0 Å². The fourth-order valence-corrected chi connectivity index (χ4v) is 4.22. The van der Waals surface area contributed by atoms with Crippen molar-refractivity contribution in [2.75, 3.05) is 18.0 Å². The number of aromatic amines is 1. The van der Waals surface area contributed by atoms with Crippen molar-refractivity contribution < 1.29 is 9.18 Å². The number of amidine groups is 1. The highest BCUT2D eigenvalue weighted by atomic mass is 35.5. The van der Waals surface area contributed by atoms with Gasteiger partial charge in [0.1, 0.15) is 17.3 Å². The molecule has 0 radical (unpaired) electrons.